The highest BCUT2D eigenvalue weighted by molar-refractivity contribution is 6.19. The lowest BCUT2D eigenvalue weighted by Gasteiger charge is -2.11. The minimum absolute atomic E-state index is 0.542. The van der Waals surface area contributed by atoms with Gasteiger partial charge in [-0.25, -0.2) is 4.98 Å². The lowest BCUT2D eigenvalue weighted by atomic mass is 10.1. The highest BCUT2D eigenvalue weighted by atomic mass is 15.3. The first-order valence-electron chi connectivity index (χ1n) is 23.2. The monoisotopic (exact) mass is 883 g/mol. The number of rotatable bonds is 6. The Hall–Kier alpha value is -9.60. The van der Waals surface area contributed by atoms with Gasteiger partial charge in [-0.1, -0.05) is 146 Å². The molecule has 0 fully saturated rings. The van der Waals surface area contributed by atoms with Gasteiger partial charge in [0.05, 0.1) is 38.6 Å². The Kier molecular flexibility index (Phi) is 7.87. The van der Waals surface area contributed by atoms with Crippen LogP contribution in [0.2, 0.25) is 0 Å². The highest BCUT2D eigenvalue weighted by Crippen LogP contribution is 2.42. The van der Waals surface area contributed by atoms with Crippen LogP contribution in [0.25, 0.3) is 128 Å². The molecule has 0 radical (unpaired) electrons. The van der Waals surface area contributed by atoms with Crippen LogP contribution in [0, 0.1) is 0 Å². The lowest BCUT2D eigenvalue weighted by molar-refractivity contribution is 0.953. The first kappa shape index (κ1) is 37.6. The van der Waals surface area contributed by atoms with E-state index < -0.39 is 0 Å². The summed E-state index contributed by atoms with van der Waals surface area (Å²) in [6, 6.07) is 78.9. The van der Waals surface area contributed by atoms with Gasteiger partial charge in [-0.05, 0) is 78.9 Å². The van der Waals surface area contributed by atoms with Gasteiger partial charge in [0, 0.05) is 55.1 Å². The van der Waals surface area contributed by atoms with Crippen molar-refractivity contribution in [2.24, 2.45) is 0 Å². The van der Waals surface area contributed by atoms with E-state index in [2.05, 4.69) is 211 Å². The highest BCUT2D eigenvalue weighted by Gasteiger charge is 2.26. The molecule has 0 aliphatic carbocycles. The average molecular weight is 884 g/mol. The Bertz CT molecular complexity index is 4460. The van der Waals surface area contributed by atoms with E-state index in [1.165, 1.54) is 5.39 Å². The van der Waals surface area contributed by atoms with E-state index in [1.807, 2.05) is 36.4 Å². The largest absolute Gasteiger partial charge is 0.309 e. The molecule has 0 amide bonds. The van der Waals surface area contributed by atoms with Crippen LogP contribution >= 0.6 is 0 Å². The van der Waals surface area contributed by atoms with E-state index in [9.17, 15) is 0 Å². The second-order valence-corrected chi connectivity index (χ2v) is 17.6. The molecular weight excluding hydrogens is 847 g/mol. The molecule has 9 nitrogen and oxygen atoms in total. The normalized spacial score (nSPS) is 12.1. The minimum atomic E-state index is 0.542. The molecule has 322 valence electrons. The standard InChI is InChI=1S/C60H37N9/c1-5-19-38(20-6-1)56-61-57(39-21-7-2-8-22-39)63-59(62-56)68-50-34-33-42(35-45(50)47-37-53-46(36-54(47)68)43-27-13-15-29-48(43)65(53)40-23-9-3-10-24-40)66-49-30-16-14-28-44(49)55-58(66)64-60-67(41-25-11-4-12-26-41)51-31-17-18-32-52(51)69(55)60/h1-37H. The van der Waals surface area contributed by atoms with Gasteiger partial charge in [0.2, 0.25) is 11.7 Å². The fourth-order valence-electron chi connectivity index (χ4n) is 10.8. The van der Waals surface area contributed by atoms with Crippen LogP contribution in [0.3, 0.4) is 0 Å². The van der Waals surface area contributed by atoms with Gasteiger partial charge in [-0.2, -0.15) is 15.0 Å². The smallest absolute Gasteiger partial charge is 0.238 e. The minimum Gasteiger partial charge on any atom is -0.309 e. The number of benzene rings is 9. The maximum absolute atomic E-state index is 5.58. The zero-order chi connectivity index (χ0) is 45.2. The van der Waals surface area contributed by atoms with Crippen LogP contribution < -0.4 is 0 Å². The van der Waals surface area contributed by atoms with Crippen molar-refractivity contribution in [1.29, 1.82) is 0 Å². The van der Waals surface area contributed by atoms with Gasteiger partial charge in [-0.15, -0.1) is 0 Å². The molecule has 15 rings (SSSR count). The molecule has 6 heterocycles. The first-order chi connectivity index (χ1) is 34.2. The molecule has 9 aromatic carbocycles. The second-order valence-electron chi connectivity index (χ2n) is 17.6. The third-order valence-corrected chi connectivity index (χ3v) is 13.7. The summed E-state index contributed by atoms with van der Waals surface area (Å²) in [6.45, 7) is 0. The van der Waals surface area contributed by atoms with E-state index in [0.717, 1.165) is 105 Å². The van der Waals surface area contributed by atoms with Gasteiger partial charge in [-0.3, -0.25) is 18.1 Å². The van der Waals surface area contributed by atoms with Crippen molar-refractivity contribution in [2.75, 3.05) is 0 Å². The predicted molar refractivity (Wildman–Crippen MR) is 279 cm³/mol. The van der Waals surface area contributed by atoms with Crippen molar-refractivity contribution in [3.05, 3.63) is 224 Å². The maximum atomic E-state index is 5.58. The molecule has 0 unspecified atom stereocenters. The second kappa shape index (κ2) is 14.4. The zero-order valence-corrected chi connectivity index (χ0v) is 36.9. The van der Waals surface area contributed by atoms with Gasteiger partial charge in [0.1, 0.15) is 5.52 Å². The Labute approximate surface area is 393 Å². The molecule has 0 aliphatic heterocycles. The van der Waals surface area contributed by atoms with Crippen LogP contribution in [-0.4, -0.2) is 42.6 Å². The molecule has 0 spiro atoms. The predicted octanol–water partition coefficient (Wildman–Crippen LogP) is 14.1. The molecule has 15 aromatic rings. The molecule has 0 bridgehead atoms. The summed E-state index contributed by atoms with van der Waals surface area (Å²) in [4.78, 5) is 21.3. The Balaban J connectivity index is 1.06. The Morgan fingerprint density at radius 2 is 0.754 bits per heavy atom. The first-order valence-corrected chi connectivity index (χ1v) is 23.2. The molecule has 6 aromatic heterocycles. The molecule has 0 N–H and O–H groups in total. The van der Waals surface area contributed by atoms with Gasteiger partial charge < -0.3 is 4.57 Å². The number of aromatic nitrogens is 9. The van der Waals surface area contributed by atoms with Crippen molar-refractivity contribution in [3.63, 3.8) is 0 Å². The van der Waals surface area contributed by atoms with Crippen molar-refractivity contribution < 1.29 is 0 Å². The quantitative estimate of drug-likeness (QED) is 0.167. The van der Waals surface area contributed by atoms with E-state index in [-0.39, 0.29) is 0 Å². The number of imidazole rings is 2. The Morgan fingerprint density at radius 1 is 0.275 bits per heavy atom. The molecule has 0 atom stereocenters. The van der Waals surface area contributed by atoms with Crippen molar-refractivity contribution in [2.45, 2.75) is 0 Å². The van der Waals surface area contributed by atoms with Gasteiger partial charge >= 0.3 is 0 Å². The lowest BCUT2D eigenvalue weighted by Crippen LogP contribution is -2.06. The van der Waals surface area contributed by atoms with Crippen LogP contribution in [0.1, 0.15) is 0 Å². The Morgan fingerprint density at radius 3 is 1.41 bits per heavy atom. The molecule has 69 heavy (non-hydrogen) atoms. The summed E-state index contributed by atoms with van der Waals surface area (Å²) >= 11 is 0. The van der Waals surface area contributed by atoms with Gasteiger partial charge in [0.25, 0.3) is 0 Å². The van der Waals surface area contributed by atoms with E-state index in [1.54, 1.807) is 0 Å². The molecule has 9 heteroatoms. The van der Waals surface area contributed by atoms with Crippen LogP contribution in [0.4, 0.5) is 0 Å². The third-order valence-electron chi connectivity index (χ3n) is 13.7. The summed E-state index contributed by atoms with van der Waals surface area (Å²) < 4.78 is 11.5. The fourth-order valence-corrected chi connectivity index (χ4v) is 10.8. The number of para-hydroxylation sites is 6. The molecular formula is C60H37N9. The molecule has 0 saturated carbocycles. The summed E-state index contributed by atoms with van der Waals surface area (Å²) in [5.41, 5.74) is 14.4. The number of fused-ring (bicyclic) bond motifs is 13. The van der Waals surface area contributed by atoms with Crippen molar-refractivity contribution >= 4 is 82.5 Å². The summed E-state index contributed by atoms with van der Waals surface area (Å²) in [7, 11) is 0. The van der Waals surface area contributed by atoms with Crippen molar-refractivity contribution in [3.8, 4) is 45.8 Å². The fraction of sp³-hybridized carbons (Fsp3) is 0. The summed E-state index contributed by atoms with van der Waals surface area (Å²) in [6.07, 6.45) is 0. The summed E-state index contributed by atoms with van der Waals surface area (Å²) in [5.74, 6) is 2.61. The van der Waals surface area contributed by atoms with Gasteiger partial charge in [0.15, 0.2) is 17.3 Å². The summed E-state index contributed by atoms with van der Waals surface area (Å²) in [5, 5.41) is 5.57. The van der Waals surface area contributed by atoms with E-state index >= 15 is 0 Å². The topological polar surface area (TPSA) is 75.7 Å². The average Bonchev–Trinajstić information content (AvgIpc) is 4.20. The SMILES string of the molecule is c1ccc(-c2nc(-c3ccccc3)nc(-n3c4ccc(-n5c6ccccc6c6c5nc5n(-c7ccccc7)c7ccccc7n65)cc4c4cc5c(cc43)c3ccccc3n5-c3ccccc3)n2)cc1. The van der Waals surface area contributed by atoms with E-state index in [0.29, 0.717) is 17.6 Å². The molecule has 0 aliphatic rings. The van der Waals surface area contributed by atoms with E-state index in [4.69, 9.17) is 19.9 Å². The third kappa shape index (κ3) is 5.46. The number of hydrogen-bond donors (Lipinski definition) is 0. The van der Waals surface area contributed by atoms with Crippen molar-refractivity contribution in [1.82, 2.24) is 42.6 Å². The van der Waals surface area contributed by atoms with Crippen LogP contribution in [-0.2, 0) is 0 Å². The maximum Gasteiger partial charge on any atom is 0.238 e. The van der Waals surface area contributed by atoms with Crippen LogP contribution in [0.15, 0.2) is 224 Å². The molecule has 0 saturated heterocycles. The number of nitrogens with zero attached hydrogens (tertiary/aromatic N) is 9. The zero-order valence-electron chi connectivity index (χ0n) is 36.9. The van der Waals surface area contributed by atoms with Crippen LogP contribution in [0.5, 0.6) is 0 Å². The number of hydrogen-bond acceptors (Lipinski definition) is 4.